The number of hydrogen-bond acceptors (Lipinski definition) is 5. The minimum absolute atomic E-state index is 0.0380. The number of hydrogen-bond donors (Lipinski definition) is 1. The number of amides is 1. The lowest BCUT2D eigenvalue weighted by Crippen LogP contribution is -2.33. The molecule has 0 bridgehead atoms. The van der Waals surface area contributed by atoms with E-state index in [-0.39, 0.29) is 5.78 Å². The van der Waals surface area contributed by atoms with E-state index in [1.807, 2.05) is 40.7 Å². The van der Waals surface area contributed by atoms with Gasteiger partial charge >= 0.3 is 6.09 Å². The van der Waals surface area contributed by atoms with E-state index in [2.05, 4.69) is 15.2 Å². The Labute approximate surface area is 144 Å². The molecule has 1 heterocycles. The van der Waals surface area contributed by atoms with Crippen LogP contribution in [0.5, 0.6) is 0 Å². The quantitative estimate of drug-likeness (QED) is 0.582. The van der Waals surface area contributed by atoms with Crippen LogP contribution in [0.1, 0.15) is 57.8 Å². The van der Waals surface area contributed by atoms with E-state index in [1.54, 1.807) is 12.3 Å². The molecule has 0 aliphatic carbocycles. The number of ether oxygens (including phenoxy) is 1. The fourth-order valence-electron chi connectivity index (χ4n) is 2.28. The maximum atomic E-state index is 12.5. The standard InChI is InChI=1S/C18H29N3O3/c1-6-21(7-2)16-14(10-8-12-19-16)15(22)11-9-13-20-17(23)24-18(3,4)5/h8,10,12H,6-7,9,11,13H2,1-5H3,(H,20,23). The molecular weight excluding hydrogens is 306 g/mol. The number of aromatic nitrogens is 1. The van der Waals surface area contributed by atoms with E-state index < -0.39 is 11.7 Å². The summed E-state index contributed by atoms with van der Waals surface area (Å²) in [4.78, 5) is 30.4. The third-order valence-electron chi connectivity index (χ3n) is 3.40. The van der Waals surface area contributed by atoms with Gasteiger partial charge in [0.25, 0.3) is 0 Å². The summed E-state index contributed by atoms with van der Waals surface area (Å²) in [5.41, 5.74) is 0.118. The minimum atomic E-state index is -0.520. The van der Waals surface area contributed by atoms with Gasteiger partial charge in [-0.2, -0.15) is 0 Å². The summed E-state index contributed by atoms with van der Waals surface area (Å²) in [7, 11) is 0. The van der Waals surface area contributed by atoms with Gasteiger partial charge in [0.2, 0.25) is 0 Å². The number of anilines is 1. The smallest absolute Gasteiger partial charge is 0.407 e. The van der Waals surface area contributed by atoms with Crippen molar-refractivity contribution in [3.63, 3.8) is 0 Å². The molecule has 1 aromatic rings. The molecule has 0 unspecified atom stereocenters. The Hall–Kier alpha value is -2.11. The zero-order valence-electron chi connectivity index (χ0n) is 15.4. The van der Waals surface area contributed by atoms with Gasteiger partial charge in [0, 0.05) is 32.3 Å². The van der Waals surface area contributed by atoms with E-state index in [0.717, 1.165) is 18.9 Å². The van der Waals surface area contributed by atoms with E-state index in [0.29, 0.717) is 24.9 Å². The number of alkyl carbamates (subject to hydrolysis) is 1. The fourth-order valence-corrected chi connectivity index (χ4v) is 2.28. The first-order valence-corrected chi connectivity index (χ1v) is 8.48. The summed E-state index contributed by atoms with van der Waals surface area (Å²) in [6.45, 7) is 11.5. The zero-order chi connectivity index (χ0) is 18.2. The van der Waals surface area contributed by atoms with Gasteiger partial charge in [0.05, 0.1) is 5.56 Å². The van der Waals surface area contributed by atoms with Gasteiger partial charge in [-0.25, -0.2) is 9.78 Å². The first-order chi connectivity index (χ1) is 11.3. The number of carbonyl (C=O) groups excluding carboxylic acids is 2. The van der Waals surface area contributed by atoms with Gasteiger partial charge in [0.15, 0.2) is 5.78 Å². The normalized spacial score (nSPS) is 11.0. The monoisotopic (exact) mass is 335 g/mol. The highest BCUT2D eigenvalue weighted by molar-refractivity contribution is 6.00. The van der Waals surface area contributed by atoms with Gasteiger partial charge in [-0.05, 0) is 53.2 Å². The topological polar surface area (TPSA) is 71.5 Å². The SMILES string of the molecule is CCN(CC)c1ncccc1C(=O)CCCNC(=O)OC(C)(C)C. The van der Waals surface area contributed by atoms with Crippen molar-refractivity contribution in [3.8, 4) is 0 Å². The maximum Gasteiger partial charge on any atom is 0.407 e. The summed E-state index contributed by atoms with van der Waals surface area (Å²) in [6, 6.07) is 3.59. The van der Waals surface area contributed by atoms with Gasteiger partial charge < -0.3 is 15.0 Å². The Bertz CT molecular complexity index is 549. The van der Waals surface area contributed by atoms with Crippen LogP contribution < -0.4 is 10.2 Å². The maximum absolute atomic E-state index is 12.5. The Balaban J connectivity index is 2.53. The molecule has 0 radical (unpaired) electrons. The number of pyridine rings is 1. The van der Waals surface area contributed by atoms with Crippen molar-refractivity contribution >= 4 is 17.7 Å². The van der Waals surface area contributed by atoms with E-state index in [9.17, 15) is 9.59 Å². The highest BCUT2D eigenvalue weighted by Crippen LogP contribution is 2.19. The number of Topliss-reactive ketones (excluding diaryl/α,β-unsaturated/α-hetero) is 1. The summed E-state index contributed by atoms with van der Waals surface area (Å²) < 4.78 is 5.16. The average molecular weight is 335 g/mol. The second-order valence-corrected chi connectivity index (χ2v) is 6.50. The van der Waals surface area contributed by atoms with Gasteiger partial charge in [0.1, 0.15) is 11.4 Å². The van der Waals surface area contributed by atoms with Crippen LogP contribution in [0.4, 0.5) is 10.6 Å². The number of ketones is 1. The first kappa shape index (κ1) is 19.9. The number of nitrogens with zero attached hydrogens (tertiary/aromatic N) is 2. The Morgan fingerprint density at radius 2 is 1.92 bits per heavy atom. The van der Waals surface area contributed by atoms with Crippen molar-refractivity contribution in [2.75, 3.05) is 24.5 Å². The molecule has 24 heavy (non-hydrogen) atoms. The molecule has 0 spiro atoms. The minimum Gasteiger partial charge on any atom is -0.444 e. The molecule has 1 amide bonds. The first-order valence-electron chi connectivity index (χ1n) is 8.48. The van der Waals surface area contributed by atoms with Crippen LogP contribution in [0.15, 0.2) is 18.3 Å². The van der Waals surface area contributed by atoms with Gasteiger partial charge in [-0.3, -0.25) is 4.79 Å². The molecule has 1 aromatic heterocycles. The molecule has 0 aliphatic heterocycles. The Morgan fingerprint density at radius 1 is 1.25 bits per heavy atom. The lowest BCUT2D eigenvalue weighted by atomic mass is 10.1. The van der Waals surface area contributed by atoms with Crippen LogP contribution in [0, 0.1) is 0 Å². The Morgan fingerprint density at radius 3 is 2.50 bits per heavy atom. The number of nitrogens with one attached hydrogen (secondary N) is 1. The van der Waals surface area contributed by atoms with Crippen LogP contribution in [-0.2, 0) is 4.74 Å². The van der Waals surface area contributed by atoms with E-state index >= 15 is 0 Å². The second-order valence-electron chi connectivity index (χ2n) is 6.50. The summed E-state index contributed by atoms with van der Waals surface area (Å²) in [5, 5.41) is 2.67. The molecule has 1 rings (SSSR count). The third-order valence-corrected chi connectivity index (χ3v) is 3.40. The predicted octanol–water partition coefficient (Wildman–Crippen LogP) is 3.42. The molecule has 0 atom stereocenters. The largest absolute Gasteiger partial charge is 0.444 e. The van der Waals surface area contributed by atoms with Crippen LogP contribution in [0.25, 0.3) is 0 Å². The molecule has 0 aromatic carbocycles. The molecule has 1 N–H and O–H groups in total. The van der Waals surface area contributed by atoms with Gasteiger partial charge in [-0.15, -0.1) is 0 Å². The Kier molecular flexibility index (Phi) is 7.68. The van der Waals surface area contributed by atoms with Crippen LogP contribution in [-0.4, -0.2) is 42.1 Å². The fraction of sp³-hybridized carbons (Fsp3) is 0.611. The average Bonchev–Trinajstić information content (AvgIpc) is 2.51. The van der Waals surface area contributed by atoms with Crippen molar-refractivity contribution in [1.82, 2.24) is 10.3 Å². The molecule has 0 saturated heterocycles. The molecular formula is C18H29N3O3. The molecule has 134 valence electrons. The van der Waals surface area contributed by atoms with Crippen molar-refractivity contribution < 1.29 is 14.3 Å². The predicted molar refractivity (Wildman–Crippen MR) is 95.6 cm³/mol. The van der Waals surface area contributed by atoms with E-state index in [1.165, 1.54) is 0 Å². The molecule has 6 nitrogen and oxygen atoms in total. The molecule has 6 heteroatoms. The summed E-state index contributed by atoms with van der Waals surface area (Å²) in [5.74, 6) is 0.767. The van der Waals surface area contributed by atoms with Gasteiger partial charge in [-0.1, -0.05) is 0 Å². The summed E-state index contributed by atoms with van der Waals surface area (Å²) >= 11 is 0. The van der Waals surface area contributed by atoms with Crippen molar-refractivity contribution in [1.29, 1.82) is 0 Å². The van der Waals surface area contributed by atoms with Crippen LogP contribution in [0.2, 0.25) is 0 Å². The number of rotatable bonds is 8. The highest BCUT2D eigenvalue weighted by Gasteiger charge is 2.17. The lowest BCUT2D eigenvalue weighted by molar-refractivity contribution is 0.0525. The van der Waals surface area contributed by atoms with Crippen molar-refractivity contribution in [3.05, 3.63) is 23.9 Å². The van der Waals surface area contributed by atoms with Crippen molar-refractivity contribution in [2.45, 2.75) is 53.1 Å². The lowest BCUT2D eigenvalue weighted by Gasteiger charge is -2.22. The van der Waals surface area contributed by atoms with Crippen molar-refractivity contribution in [2.24, 2.45) is 0 Å². The molecule has 0 aliphatic rings. The molecule has 0 fully saturated rings. The van der Waals surface area contributed by atoms with Crippen LogP contribution in [0.3, 0.4) is 0 Å². The van der Waals surface area contributed by atoms with Crippen LogP contribution >= 0.6 is 0 Å². The second kappa shape index (κ2) is 9.25. The summed E-state index contributed by atoms with van der Waals surface area (Å²) in [6.07, 6.45) is 2.16. The zero-order valence-corrected chi connectivity index (χ0v) is 15.4. The third kappa shape index (κ3) is 6.56. The van der Waals surface area contributed by atoms with E-state index in [4.69, 9.17) is 4.74 Å². The highest BCUT2D eigenvalue weighted by atomic mass is 16.6. The number of carbonyl (C=O) groups is 2. The molecule has 0 saturated carbocycles.